The third-order valence-electron chi connectivity index (χ3n) is 7.77. The van der Waals surface area contributed by atoms with Gasteiger partial charge in [0.1, 0.15) is 24.1 Å². The first-order chi connectivity index (χ1) is 24.0. The fourth-order valence-corrected chi connectivity index (χ4v) is 7.23. The van der Waals surface area contributed by atoms with Gasteiger partial charge in [-0.15, -0.1) is 0 Å². The molecule has 0 aliphatic carbocycles. The van der Waals surface area contributed by atoms with E-state index in [9.17, 15) is 18.0 Å². The Morgan fingerprint density at radius 2 is 1.34 bits per heavy atom. The van der Waals surface area contributed by atoms with Gasteiger partial charge in [-0.2, -0.15) is 0 Å². The van der Waals surface area contributed by atoms with Crippen LogP contribution in [0.4, 0.5) is 5.69 Å². The smallest absolute Gasteiger partial charge is 0.264 e. The molecule has 0 heterocycles. The van der Waals surface area contributed by atoms with Crippen LogP contribution < -0.4 is 14.4 Å². The summed E-state index contributed by atoms with van der Waals surface area (Å²) in [6.07, 6.45) is 0.174. The minimum atomic E-state index is -4.26. The first-order valence-corrected chi connectivity index (χ1v) is 18.2. The molecule has 2 amide bonds. The molecular weight excluding hydrogens is 693 g/mol. The zero-order chi connectivity index (χ0) is 35.7. The minimum absolute atomic E-state index is 0.00286. The molecule has 1 N–H and O–H groups in total. The predicted molar refractivity (Wildman–Crippen MR) is 198 cm³/mol. The predicted octanol–water partition coefficient (Wildman–Crippen LogP) is 8.15. The van der Waals surface area contributed by atoms with Gasteiger partial charge >= 0.3 is 0 Å². The highest BCUT2D eigenvalue weighted by molar-refractivity contribution is 7.92. The molecule has 0 radical (unpaired) electrons. The molecule has 8 nitrogen and oxygen atoms in total. The van der Waals surface area contributed by atoms with Crippen molar-refractivity contribution in [2.45, 2.75) is 43.8 Å². The number of carbonyl (C=O) groups is 2. The van der Waals surface area contributed by atoms with Gasteiger partial charge in [0.05, 0.1) is 10.6 Å². The lowest BCUT2D eigenvalue weighted by Crippen LogP contribution is -2.54. The van der Waals surface area contributed by atoms with Gasteiger partial charge in [0.15, 0.2) is 0 Å². The van der Waals surface area contributed by atoms with Crippen LogP contribution in [0.2, 0.25) is 10.0 Å². The second-order valence-corrected chi connectivity index (χ2v) is 14.6. The lowest BCUT2D eigenvalue weighted by Gasteiger charge is -2.34. The summed E-state index contributed by atoms with van der Waals surface area (Å²) in [6, 6.07) is 36.5. The number of para-hydroxylation sites is 1. The quantitative estimate of drug-likeness (QED) is 0.125. The fraction of sp³-hybridized carbons (Fsp3) is 0.179. The van der Waals surface area contributed by atoms with Crippen molar-refractivity contribution in [1.29, 1.82) is 0 Å². The highest BCUT2D eigenvalue weighted by Crippen LogP contribution is 2.30. The molecule has 1 atom stereocenters. The van der Waals surface area contributed by atoms with E-state index < -0.39 is 28.5 Å². The van der Waals surface area contributed by atoms with Crippen molar-refractivity contribution >= 4 is 50.7 Å². The monoisotopic (exact) mass is 729 g/mol. The largest absolute Gasteiger partial charge is 0.457 e. The fourth-order valence-electron chi connectivity index (χ4n) is 5.32. The summed E-state index contributed by atoms with van der Waals surface area (Å²) in [6.45, 7) is 2.97. The van der Waals surface area contributed by atoms with Crippen LogP contribution in [0, 0.1) is 0 Å². The van der Waals surface area contributed by atoms with Crippen molar-refractivity contribution in [1.82, 2.24) is 10.2 Å². The van der Waals surface area contributed by atoms with Crippen LogP contribution in [0.25, 0.3) is 0 Å². The van der Waals surface area contributed by atoms with Crippen molar-refractivity contribution in [3.8, 4) is 11.5 Å². The van der Waals surface area contributed by atoms with Crippen LogP contribution in [0.3, 0.4) is 0 Å². The van der Waals surface area contributed by atoms with Crippen LogP contribution >= 0.6 is 23.2 Å². The number of nitrogens with one attached hydrogen (secondary N) is 1. The first kappa shape index (κ1) is 36.5. The summed E-state index contributed by atoms with van der Waals surface area (Å²) in [7, 11) is -4.26. The molecule has 11 heteroatoms. The number of nitrogens with zero attached hydrogens (tertiary/aromatic N) is 2. The molecule has 0 bridgehead atoms. The Labute approximate surface area is 303 Å². The zero-order valence-corrected chi connectivity index (χ0v) is 29.9. The summed E-state index contributed by atoms with van der Waals surface area (Å²) < 4.78 is 35.5. The summed E-state index contributed by atoms with van der Waals surface area (Å²) in [4.78, 5) is 29.9. The van der Waals surface area contributed by atoms with E-state index in [2.05, 4.69) is 5.32 Å². The molecule has 0 saturated carbocycles. The van der Waals surface area contributed by atoms with E-state index in [0.29, 0.717) is 27.1 Å². The van der Waals surface area contributed by atoms with E-state index in [1.807, 2.05) is 74.5 Å². The van der Waals surface area contributed by atoms with Crippen LogP contribution in [-0.4, -0.2) is 43.8 Å². The van der Waals surface area contributed by atoms with Gasteiger partial charge in [0, 0.05) is 29.1 Å². The molecule has 0 spiro atoms. The molecule has 0 aliphatic rings. The topological polar surface area (TPSA) is 96.0 Å². The van der Waals surface area contributed by atoms with Gasteiger partial charge in [-0.1, -0.05) is 96.0 Å². The molecule has 0 aromatic heterocycles. The van der Waals surface area contributed by atoms with Crippen molar-refractivity contribution in [2.24, 2.45) is 0 Å². The number of hydrogen-bond acceptors (Lipinski definition) is 5. The number of benzene rings is 5. The maximum Gasteiger partial charge on any atom is 0.264 e. The average molecular weight is 731 g/mol. The molecule has 5 aromatic rings. The SMILES string of the molecule is CC(C)NC(=O)[C@@H](Cc1ccccc1)N(Cc1ccc(Cl)cc1Cl)C(=O)CN(c1ccc(Oc2ccccc2)cc1)S(=O)(=O)c1ccccc1. The molecule has 5 aromatic carbocycles. The summed E-state index contributed by atoms with van der Waals surface area (Å²) in [5, 5.41) is 3.66. The molecule has 5 rings (SSSR count). The van der Waals surface area contributed by atoms with Crippen molar-refractivity contribution < 1.29 is 22.7 Å². The van der Waals surface area contributed by atoms with Crippen molar-refractivity contribution in [3.05, 3.63) is 155 Å². The molecular formula is C39H37Cl2N3O5S. The van der Waals surface area contributed by atoms with E-state index >= 15 is 0 Å². The molecule has 0 unspecified atom stereocenters. The molecule has 50 heavy (non-hydrogen) atoms. The Bertz CT molecular complexity index is 2000. The van der Waals surface area contributed by atoms with Gasteiger partial charge in [0.2, 0.25) is 11.8 Å². The normalized spacial score (nSPS) is 11.9. The number of halogens is 2. The molecule has 0 fully saturated rings. The van der Waals surface area contributed by atoms with E-state index in [-0.39, 0.29) is 35.5 Å². The summed E-state index contributed by atoms with van der Waals surface area (Å²) >= 11 is 12.8. The van der Waals surface area contributed by atoms with Gasteiger partial charge in [-0.25, -0.2) is 8.42 Å². The molecule has 0 aliphatic heterocycles. The van der Waals surface area contributed by atoms with Crippen molar-refractivity contribution in [2.75, 3.05) is 10.8 Å². The Balaban J connectivity index is 1.56. The number of hydrogen-bond donors (Lipinski definition) is 1. The Morgan fingerprint density at radius 1 is 0.760 bits per heavy atom. The number of amides is 2. The van der Waals surface area contributed by atoms with Crippen molar-refractivity contribution in [3.63, 3.8) is 0 Å². The lowest BCUT2D eigenvalue weighted by atomic mass is 10.0. The third-order valence-corrected chi connectivity index (χ3v) is 10.1. The van der Waals surface area contributed by atoms with Gasteiger partial charge in [-0.3, -0.25) is 13.9 Å². The number of sulfonamides is 1. The number of rotatable bonds is 14. The van der Waals surface area contributed by atoms with E-state index in [1.165, 1.54) is 17.0 Å². The third kappa shape index (κ3) is 9.44. The maximum atomic E-state index is 14.7. The Hall–Kier alpha value is -4.83. The Kier molecular flexibility index (Phi) is 12.2. The van der Waals surface area contributed by atoms with E-state index in [4.69, 9.17) is 27.9 Å². The number of carbonyl (C=O) groups excluding carboxylic acids is 2. The Morgan fingerprint density at radius 3 is 1.94 bits per heavy atom. The van der Waals surface area contributed by atoms with Crippen LogP contribution in [0.15, 0.2) is 138 Å². The highest BCUT2D eigenvalue weighted by atomic mass is 35.5. The van der Waals surface area contributed by atoms with Crippen LogP contribution in [0.5, 0.6) is 11.5 Å². The first-order valence-electron chi connectivity index (χ1n) is 16.0. The summed E-state index contributed by atoms with van der Waals surface area (Å²) in [5.74, 6) is 0.0996. The van der Waals surface area contributed by atoms with Gasteiger partial charge in [-0.05, 0) is 85.6 Å². The van der Waals surface area contributed by atoms with E-state index in [0.717, 1.165) is 9.87 Å². The second-order valence-electron chi connectivity index (χ2n) is 11.9. The number of ether oxygens (including phenoxy) is 1. The zero-order valence-electron chi connectivity index (χ0n) is 27.6. The second kappa shape index (κ2) is 16.7. The average Bonchev–Trinajstić information content (AvgIpc) is 3.11. The molecule has 0 saturated heterocycles. The van der Waals surface area contributed by atoms with Gasteiger partial charge in [0.25, 0.3) is 10.0 Å². The van der Waals surface area contributed by atoms with E-state index in [1.54, 1.807) is 60.7 Å². The maximum absolute atomic E-state index is 14.7. The standard InChI is InChI=1S/C39H37Cl2N3O5S/c1-28(2)42-39(46)37(24-29-12-6-3-7-13-29)43(26-30-18-19-31(40)25-36(30)41)38(45)27-44(50(47,48)35-16-10-5-11-17-35)32-20-22-34(23-21-32)49-33-14-8-4-9-15-33/h3-23,25,28,37H,24,26-27H2,1-2H3,(H,42,46)/t37-/m1/s1. The number of anilines is 1. The lowest BCUT2D eigenvalue weighted by molar-refractivity contribution is -0.140. The van der Waals surface area contributed by atoms with Gasteiger partial charge < -0.3 is 15.0 Å². The molecule has 258 valence electrons. The minimum Gasteiger partial charge on any atom is -0.457 e. The highest BCUT2D eigenvalue weighted by Gasteiger charge is 2.35. The van der Waals surface area contributed by atoms with Crippen LogP contribution in [0.1, 0.15) is 25.0 Å². The van der Waals surface area contributed by atoms with Crippen LogP contribution in [-0.2, 0) is 32.6 Å². The summed E-state index contributed by atoms with van der Waals surface area (Å²) in [5.41, 5.74) is 1.59.